The van der Waals surface area contributed by atoms with Crippen molar-refractivity contribution in [2.45, 2.75) is 0 Å². The lowest BCUT2D eigenvalue weighted by molar-refractivity contribution is -0.384. The zero-order chi connectivity index (χ0) is 17.8. The topological polar surface area (TPSA) is 121 Å². The molecule has 0 aliphatic carbocycles. The van der Waals surface area contributed by atoms with Gasteiger partial charge in [0.05, 0.1) is 17.6 Å². The van der Waals surface area contributed by atoms with Gasteiger partial charge in [0, 0.05) is 23.3 Å². The molecule has 0 aliphatic heterocycles. The average Bonchev–Trinajstić information content (AvgIpc) is 2.67. The van der Waals surface area contributed by atoms with Crippen LogP contribution in [0.5, 0.6) is 0 Å². The molecule has 25 heavy (non-hydrogen) atoms. The minimum Gasteiger partial charge on any atom is -0.465 e. The normalized spacial score (nSPS) is 10.3. The Morgan fingerprint density at radius 3 is 2.12 bits per heavy atom. The van der Waals surface area contributed by atoms with Gasteiger partial charge in [0.2, 0.25) is 11.6 Å². The predicted molar refractivity (Wildman–Crippen MR) is 86.5 cm³/mol. The number of carbonyl (C=O) groups is 1. The molecule has 9 nitrogen and oxygen atoms in total. The van der Waals surface area contributed by atoms with E-state index in [-0.39, 0.29) is 17.3 Å². The lowest BCUT2D eigenvalue weighted by atomic mass is 10.1. The van der Waals surface area contributed by atoms with E-state index >= 15 is 0 Å². The molecule has 0 fully saturated rings. The Labute approximate surface area is 141 Å². The molecule has 0 saturated carbocycles. The lowest BCUT2D eigenvalue weighted by Crippen LogP contribution is -2.02. The van der Waals surface area contributed by atoms with E-state index in [1.165, 1.54) is 25.3 Å². The Hall–Kier alpha value is -3.75. The van der Waals surface area contributed by atoms with Crippen LogP contribution in [0.3, 0.4) is 0 Å². The molecule has 0 atom stereocenters. The summed E-state index contributed by atoms with van der Waals surface area (Å²) in [6, 6.07) is 12.4. The average molecular weight is 337 g/mol. The van der Waals surface area contributed by atoms with E-state index in [2.05, 4.69) is 25.1 Å². The molecule has 0 radical (unpaired) electrons. The summed E-state index contributed by atoms with van der Waals surface area (Å²) in [5.41, 5.74) is 1.41. The number of nitro benzene ring substituents is 1. The fraction of sp³-hybridized carbons (Fsp3) is 0.0625. The molecule has 3 aromatic rings. The van der Waals surface area contributed by atoms with Gasteiger partial charge in [-0.25, -0.2) is 4.79 Å². The first kappa shape index (κ1) is 16.1. The summed E-state index contributed by atoms with van der Waals surface area (Å²) in [7, 11) is 1.31. The largest absolute Gasteiger partial charge is 0.465 e. The van der Waals surface area contributed by atoms with E-state index in [0.717, 1.165) is 0 Å². The van der Waals surface area contributed by atoms with Gasteiger partial charge in [-0.05, 0) is 12.1 Å². The number of esters is 1. The molecule has 9 heteroatoms. The Balaban J connectivity index is 1.86. The van der Waals surface area contributed by atoms with Crippen molar-refractivity contribution in [3.05, 3.63) is 64.2 Å². The minimum atomic E-state index is -0.498. The molecule has 1 heterocycles. The number of carbonyl (C=O) groups excluding carboxylic acids is 1. The van der Waals surface area contributed by atoms with Gasteiger partial charge in [-0.3, -0.25) is 10.1 Å². The van der Waals surface area contributed by atoms with Crippen molar-refractivity contribution in [2.75, 3.05) is 7.11 Å². The Kier molecular flexibility index (Phi) is 4.38. The number of benzene rings is 2. The van der Waals surface area contributed by atoms with E-state index in [9.17, 15) is 14.9 Å². The second-order valence-corrected chi connectivity index (χ2v) is 4.92. The van der Waals surface area contributed by atoms with E-state index in [4.69, 9.17) is 0 Å². The summed E-state index contributed by atoms with van der Waals surface area (Å²) < 4.78 is 4.63. The van der Waals surface area contributed by atoms with Gasteiger partial charge in [0.1, 0.15) is 0 Å². The van der Waals surface area contributed by atoms with Crippen molar-refractivity contribution in [3.63, 3.8) is 0 Å². The molecule has 0 saturated heterocycles. The first-order valence-corrected chi connectivity index (χ1v) is 7.09. The first-order valence-electron chi connectivity index (χ1n) is 7.09. The van der Waals surface area contributed by atoms with Crippen LogP contribution in [-0.4, -0.2) is 38.4 Å². The molecular formula is C16H11N5O4. The number of nitro groups is 1. The maximum atomic E-state index is 11.4. The molecular weight excluding hydrogens is 326 g/mol. The molecule has 124 valence electrons. The lowest BCUT2D eigenvalue weighted by Gasteiger charge is -2.02. The SMILES string of the molecule is COC(=O)c1ccc(-c2nnc(-c3cccc([N+](=O)[O-])c3)nn2)cc1. The van der Waals surface area contributed by atoms with Crippen LogP contribution in [-0.2, 0) is 4.74 Å². The van der Waals surface area contributed by atoms with Crippen molar-refractivity contribution in [2.24, 2.45) is 0 Å². The van der Waals surface area contributed by atoms with Crippen molar-refractivity contribution in [1.29, 1.82) is 0 Å². The molecule has 1 aromatic heterocycles. The van der Waals surface area contributed by atoms with E-state index in [1.807, 2.05) is 0 Å². The third-order valence-corrected chi connectivity index (χ3v) is 3.36. The summed E-state index contributed by atoms with van der Waals surface area (Å²) in [5, 5.41) is 26.7. The number of hydrogen-bond acceptors (Lipinski definition) is 8. The number of nitrogens with zero attached hydrogens (tertiary/aromatic N) is 5. The van der Waals surface area contributed by atoms with Crippen LogP contribution < -0.4 is 0 Å². The smallest absolute Gasteiger partial charge is 0.337 e. The van der Waals surface area contributed by atoms with E-state index < -0.39 is 10.9 Å². The predicted octanol–water partition coefficient (Wildman–Crippen LogP) is 2.30. The zero-order valence-corrected chi connectivity index (χ0v) is 13.0. The quantitative estimate of drug-likeness (QED) is 0.404. The Bertz CT molecular complexity index is 926. The monoisotopic (exact) mass is 337 g/mol. The maximum absolute atomic E-state index is 11.4. The molecule has 0 bridgehead atoms. The fourth-order valence-corrected chi connectivity index (χ4v) is 2.09. The van der Waals surface area contributed by atoms with Crippen LogP contribution in [0.15, 0.2) is 48.5 Å². The summed E-state index contributed by atoms with van der Waals surface area (Å²) in [6.07, 6.45) is 0. The molecule has 3 rings (SSSR count). The number of methoxy groups -OCH3 is 1. The van der Waals surface area contributed by atoms with Crippen molar-refractivity contribution >= 4 is 11.7 Å². The second kappa shape index (κ2) is 6.79. The Morgan fingerprint density at radius 1 is 0.960 bits per heavy atom. The standard InChI is InChI=1S/C16H11N5O4/c1-25-16(22)11-7-5-10(6-8-11)14-17-19-15(20-18-14)12-3-2-4-13(9-12)21(23)24/h2-9H,1H3. The van der Waals surface area contributed by atoms with Gasteiger partial charge in [0.25, 0.3) is 5.69 Å². The highest BCUT2D eigenvalue weighted by molar-refractivity contribution is 5.89. The summed E-state index contributed by atoms with van der Waals surface area (Å²) >= 11 is 0. The Morgan fingerprint density at radius 2 is 1.56 bits per heavy atom. The highest BCUT2D eigenvalue weighted by Gasteiger charge is 2.11. The molecule has 0 N–H and O–H groups in total. The van der Waals surface area contributed by atoms with Crippen molar-refractivity contribution in [1.82, 2.24) is 20.4 Å². The molecule has 0 spiro atoms. The van der Waals surface area contributed by atoms with Crippen LogP contribution >= 0.6 is 0 Å². The van der Waals surface area contributed by atoms with Gasteiger partial charge >= 0.3 is 5.97 Å². The van der Waals surface area contributed by atoms with Gasteiger partial charge in [-0.2, -0.15) is 0 Å². The highest BCUT2D eigenvalue weighted by Crippen LogP contribution is 2.21. The number of non-ortho nitro benzene ring substituents is 1. The molecule has 2 aromatic carbocycles. The summed E-state index contributed by atoms with van der Waals surface area (Å²) in [6.45, 7) is 0. The maximum Gasteiger partial charge on any atom is 0.337 e. The van der Waals surface area contributed by atoms with Crippen LogP contribution in [0.1, 0.15) is 10.4 Å². The third-order valence-electron chi connectivity index (χ3n) is 3.36. The molecule has 0 unspecified atom stereocenters. The van der Waals surface area contributed by atoms with E-state index in [0.29, 0.717) is 16.7 Å². The summed E-state index contributed by atoms with van der Waals surface area (Å²) in [4.78, 5) is 21.7. The van der Waals surface area contributed by atoms with Crippen LogP contribution in [0.2, 0.25) is 0 Å². The van der Waals surface area contributed by atoms with Gasteiger partial charge in [-0.1, -0.05) is 24.3 Å². The molecule has 0 aliphatic rings. The minimum absolute atomic E-state index is 0.0661. The van der Waals surface area contributed by atoms with Crippen LogP contribution in [0, 0.1) is 10.1 Å². The van der Waals surface area contributed by atoms with Crippen LogP contribution in [0.25, 0.3) is 22.8 Å². The fourth-order valence-electron chi connectivity index (χ4n) is 2.09. The number of rotatable bonds is 4. The van der Waals surface area contributed by atoms with Crippen molar-refractivity contribution < 1.29 is 14.5 Å². The van der Waals surface area contributed by atoms with Crippen LogP contribution in [0.4, 0.5) is 5.69 Å². The van der Waals surface area contributed by atoms with Gasteiger partial charge < -0.3 is 4.74 Å². The molecule has 0 amide bonds. The third kappa shape index (κ3) is 3.44. The zero-order valence-electron chi connectivity index (χ0n) is 13.0. The van der Waals surface area contributed by atoms with Crippen molar-refractivity contribution in [3.8, 4) is 22.8 Å². The number of ether oxygens (including phenoxy) is 1. The van der Waals surface area contributed by atoms with Gasteiger partial charge in [0.15, 0.2) is 0 Å². The van der Waals surface area contributed by atoms with Gasteiger partial charge in [-0.15, -0.1) is 20.4 Å². The number of hydrogen-bond donors (Lipinski definition) is 0. The summed E-state index contributed by atoms with van der Waals surface area (Å²) in [5.74, 6) is 0.00830. The first-order chi connectivity index (χ1) is 12.1. The highest BCUT2D eigenvalue weighted by atomic mass is 16.6. The van der Waals surface area contributed by atoms with E-state index in [1.54, 1.807) is 30.3 Å². The second-order valence-electron chi connectivity index (χ2n) is 4.92. The number of aromatic nitrogens is 4.